The maximum absolute atomic E-state index is 11.0. The van der Waals surface area contributed by atoms with Crippen molar-refractivity contribution in [2.75, 3.05) is 26.7 Å². The summed E-state index contributed by atoms with van der Waals surface area (Å²) in [7, 11) is 2.06. The normalized spacial score (nSPS) is 10.8. The third kappa shape index (κ3) is 8.19. The first-order valence-corrected chi connectivity index (χ1v) is 5.43. The van der Waals surface area contributed by atoms with E-state index in [1.165, 1.54) is 0 Å². The van der Waals surface area contributed by atoms with Gasteiger partial charge in [0, 0.05) is 6.04 Å². The van der Waals surface area contributed by atoms with Crippen LogP contribution in [-0.4, -0.2) is 49.6 Å². The number of nitrogens with two attached hydrogens (primary N) is 1. The third-order valence-corrected chi connectivity index (χ3v) is 2.29. The molecule has 0 atom stereocenters. The van der Waals surface area contributed by atoms with E-state index in [1.54, 1.807) is 0 Å². The average Bonchev–Trinajstić information content (AvgIpc) is 2.15. The van der Waals surface area contributed by atoms with E-state index in [4.69, 9.17) is 5.73 Å². The van der Waals surface area contributed by atoms with Crippen molar-refractivity contribution in [2.24, 2.45) is 5.73 Å². The SMILES string of the molecule is CC(C)N(C)CCCNCC(=O)NC(N)=O. The first-order chi connectivity index (χ1) is 7.43. The summed E-state index contributed by atoms with van der Waals surface area (Å²) >= 11 is 0. The maximum atomic E-state index is 11.0. The summed E-state index contributed by atoms with van der Waals surface area (Å²) in [5, 5.41) is 4.93. The fourth-order valence-corrected chi connectivity index (χ4v) is 1.10. The zero-order chi connectivity index (χ0) is 12.6. The zero-order valence-corrected chi connectivity index (χ0v) is 10.2. The van der Waals surface area contributed by atoms with Crippen LogP contribution in [0.25, 0.3) is 0 Å². The van der Waals surface area contributed by atoms with Crippen molar-refractivity contribution in [2.45, 2.75) is 26.3 Å². The lowest BCUT2D eigenvalue weighted by Gasteiger charge is -2.20. The minimum Gasteiger partial charge on any atom is -0.351 e. The summed E-state index contributed by atoms with van der Waals surface area (Å²) in [6, 6.07) is -0.287. The van der Waals surface area contributed by atoms with Crippen LogP contribution in [0.5, 0.6) is 0 Å². The van der Waals surface area contributed by atoms with Crippen LogP contribution >= 0.6 is 0 Å². The highest BCUT2D eigenvalue weighted by Gasteiger charge is 2.04. The maximum Gasteiger partial charge on any atom is 0.318 e. The Morgan fingerprint density at radius 2 is 2.00 bits per heavy atom. The molecule has 0 aromatic carbocycles. The summed E-state index contributed by atoms with van der Waals surface area (Å²) in [6.45, 7) is 6.10. The summed E-state index contributed by atoms with van der Waals surface area (Å²) in [5.41, 5.74) is 4.79. The van der Waals surface area contributed by atoms with Crippen molar-refractivity contribution in [3.05, 3.63) is 0 Å². The number of urea groups is 1. The number of carbonyl (C=O) groups is 2. The molecule has 0 aliphatic heterocycles. The van der Waals surface area contributed by atoms with Crippen LogP contribution in [0, 0.1) is 0 Å². The van der Waals surface area contributed by atoms with Crippen LogP contribution < -0.4 is 16.4 Å². The second-order valence-corrected chi connectivity index (χ2v) is 4.02. The lowest BCUT2D eigenvalue weighted by molar-refractivity contribution is -0.119. The molecular weight excluding hydrogens is 208 g/mol. The van der Waals surface area contributed by atoms with Gasteiger partial charge in [0.1, 0.15) is 0 Å². The van der Waals surface area contributed by atoms with Crippen molar-refractivity contribution < 1.29 is 9.59 Å². The molecule has 0 saturated heterocycles. The number of amides is 3. The van der Waals surface area contributed by atoms with Crippen molar-refractivity contribution in [3.63, 3.8) is 0 Å². The minimum absolute atomic E-state index is 0.119. The van der Waals surface area contributed by atoms with Gasteiger partial charge in [0.2, 0.25) is 5.91 Å². The molecule has 6 nitrogen and oxygen atoms in total. The van der Waals surface area contributed by atoms with E-state index in [0.29, 0.717) is 6.04 Å². The lowest BCUT2D eigenvalue weighted by Crippen LogP contribution is -2.41. The number of hydrogen-bond acceptors (Lipinski definition) is 4. The van der Waals surface area contributed by atoms with Gasteiger partial charge in [-0.1, -0.05) is 0 Å². The van der Waals surface area contributed by atoms with E-state index in [9.17, 15) is 9.59 Å². The van der Waals surface area contributed by atoms with Gasteiger partial charge in [-0.25, -0.2) is 4.79 Å². The van der Waals surface area contributed by atoms with E-state index in [-0.39, 0.29) is 6.54 Å². The van der Waals surface area contributed by atoms with Crippen LogP contribution in [0.1, 0.15) is 20.3 Å². The fourth-order valence-electron chi connectivity index (χ4n) is 1.10. The van der Waals surface area contributed by atoms with Crippen LogP contribution in [0.3, 0.4) is 0 Å². The molecule has 3 amide bonds. The highest BCUT2D eigenvalue weighted by Crippen LogP contribution is 1.93. The van der Waals surface area contributed by atoms with E-state index in [0.717, 1.165) is 19.5 Å². The number of hydrogen-bond donors (Lipinski definition) is 3. The molecule has 0 bridgehead atoms. The van der Waals surface area contributed by atoms with Crippen molar-refractivity contribution >= 4 is 11.9 Å². The predicted molar refractivity (Wildman–Crippen MR) is 63.0 cm³/mol. The first-order valence-electron chi connectivity index (χ1n) is 5.43. The minimum atomic E-state index is -0.814. The van der Waals surface area contributed by atoms with E-state index in [2.05, 4.69) is 31.1 Å². The zero-order valence-electron chi connectivity index (χ0n) is 10.2. The number of nitrogens with one attached hydrogen (secondary N) is 2. The smallest absolute Gasteiger partial charge is 0.318 e. The van der Waals surface area contributed by atoms with E-state index in [1.807, 2.05) is 5.32 Å². The average molecular weight is 230 g/mol. The van der Waals surface area contributed by atoms with Gasteiger partial charge in [-0.05, 0) is 40.4 Å². The van der Waals surface area contributed by atoms with Gasteiger partial charge in [0.15, 0.2) is 0 Å². The monoisotopic (exact) mass is 230 g/mol. The highest BCUT2D eigenvalue weighted by molar-refractivity contribution is 5.94. The molecule has 0 spiro atoms. The van der Waals surface area contributed by atoms with Crippen molar-refractivity contribution in [1.29, 1.82) is 0 Å². The molecule has 6 heteroatoms. The van der Waals surface area contributed by atoms with Gasteiger partial charge in [-0.2, -0.15) is 0 Å². The van der Waals surface area contributed by atoms with Crippen LogP contribution in [0.15, 0.2) is 0 Å². The molecule has 0 aliphatic rings. The van der Waals surface area contributed by atoms with Gasteiger partial charge >= 0.3 is 6.03 Å². The largest absolute Gasteiger partial charge is 0.351 e. The third-order valence-electron chi connectivity index (χ3n) is 2.29. The number of nitrogens with zero attached hydrogens (tertiary/aromatic N) is 1. The van der Waals surface area contributed by atoms with Gasteiger partial charge in [0.05, 0.1) is 6.54 Å². The van der Waals surface area contributed by atoms with Gasteiger partial charge in [-0.15, -0.1) is 0 Å². The first kappa shape index (κ1) is 14.9. The molecule has 0 radical (unpaired) electrons. The topological polar surface area (TPSA) is 87.5 Å². The number of primary amides is 1. The Bertz CT molecular complexity index is 231. The van der Waals surface area contributed by atoms with Crippen LogP contribution in [0.4, 0.5) is 4.79 Å². The molecule has 4 N–H and O–H groups in total. The second-order valence-electron chi connectivity index (χ2n) is 4.02. The Balaban J connectivity index is 3.40. The summed E-state index contributed by atoms with van der Waals surface area (Å²) < 4.78 is 0. The lowest BCUT2D eigenvalue weighted by atomic mass is 10.3. The molecule has 0 heterocycles. The van der Waals surface area contributed by atoms with Gasteiger partial charge in [-0.3, -0.25) is 10.1 Å². The molecule has 94 valence electrons. The number of rotatable bonds is 7. The second kappa shape index (κ2) is 8.06. The molecule has 0 rings (SSSR count). The molecule has 0 saturated carbocycles. The Morgan fingerprint density at radius 3 is 2.50 bits per heavy atom. The van der Waals surface area contributed by atoms with E-state index < -0.39 is 11.9 Å². The van der Waals surface area contributed by atoms with Crippen LogP contribution in [-0.2, 0) is 4.79 Å². The van der Waals surface area contributed by atoms with E-state index >= 15 is 0 Å². The molecule has 0 unspecified atom stereocenters. The predicted octanol–water partition coefficient (Wildman–Crippen LogP) is -0.499. The summed E-state index contributed by atoms with van der Waals surface area (Å²) in [6.07, 6.45) is 0.957. The number of imide groups is 1. The Morgan fingerprint density at radius 1 is 1.38 bits per heavy atom. The molecule has 0 fully saturated rings. The molecule has 0 aromatic heterocycles. The Kier molecular flexibility index (Phi) is 7.49. The fraction of sp³-hybridized carbons (Fsp3) is 0.800. The Labute approximate surface area is 96.5 Å². The quantitative estimate of drug-likeness (QED) is 0.515. The molecule has 16 heavy (non-hydrogen) atoms. The van der Waals surface area contributed by atoms with Gasteiger partial charge < -0.3 is 16.0 Å². The molecule has 0 aliphatic carbocycles. The highest BCUT2D eigenvalue weighted by atomic mass is 16.2. The van der Waals surface area contributed by atoms with Gasteiger partial charge in [0.25, 0.3) is 0 Å². The number of carbonyl (C=O) groups excluding carboxylic acids is 2. The van der Waals surface area contributed by atoms with Crippen molar-refractivity contribution in [3.8, 4) is 0 Å². The van der Waals surface area contributed by atoms with Crippen LogP contribution in [0.2, 0.25) is 0 Å². The van der Waals surface area contributed by atoms with Crippen molar-refractivity contribution in [1.82, 2.24) is 15.5 Å². The Hall–Kier alpha value is -1.14. The standard InChI is InChI=1S/C10H22N4O2/c1-8(2)14(3)6-4-5-12-7-9(15)13-10(11)16/h8,12H,4-7H2,1-3H3,(H3,11,13,15,16). The summed E-state index contributed by atoms with van der Waals surface area (Å²) in [4.78, 5) is 23.5. The molecule has 0 aromatic rings. The molecular formula is C10H22N4O2. The summed E-state index contributed by atoms with van der Waals surface area (Å²) in [5.74, 6) is -0.398.